The Hall–Kier alpha value is -1.52. The first kappa shape index (κ1) is 19.8. The van der Waals surface area contributed by atoms with Crippen molar-refractivity contribution >= 4 is 23.9 Å². The molecule has 0 aliphatic heterocycles. The second-order valence-corrected chi connectivity index (χ2v) is 8.30. The van der Waals surface area contributed by atoms with Crippen molar-refractivity contribution in [1.29, 1.82) is 0 Å². The molecule has 136 valence electrons. The molecule has 2 rings (SSSR count). The zero-order valence-corrected chi connectivity index (χ0v) is 17.5. The van der Waals surface area contributed by atoms with Gasteiger partial charge in [0.25, 0.3) is 0 Å². The van der Waals surface area contributed by atoms with Crippen molar-refractivity contribution < 1.29 is 18.9 Å². The molecule has 0 N–H and O–H groups in total. The Morgan fingerprint density at radius 3 is 1.44 bits per heavy atom. The number of aryl methyl sites for hydroxylation is 4. The van der Waals surface area contributed by atoms with Crippen LogP contribution in [0.25, 0.3) is 0 Å². The van der Waals surface area contributed by atoms with E-state index in [0.29, 0.717) is 0 Å². The van der Waals surface area contributed by atoms with Gasteiger partial charge in [-0.15, -0.1) is 0 Å². The maximum atomic E-state index is 5.85. The predicted molar refractivity (Wildman–Crippen MR) is 102 cm³/mol. The molecule has 0 heterocycles. The van der Waals surface area contributed by atoms with Gasteiger partial charge in [0, 0.05) is 0 Å². The summed E-state index contributed by atoms with van der Waals surface area (Å²) >= 11 is 0.0414. The van der Waals surface area contributed by atoms with Crippen LogP contribution >= 0.6 is 0 Å². The van der Waals surface area contributed by atoms with Crippen molar-refractivity contribution in [1.82, 2.24) is 0 Å². The molecular weight excluding hydrogens is 383 g/mol. The third kappa shape index (κ3) is 5.22. The molecule has 0 unspecified atom stereocenters. The molecule has 25 heavy (non-hydrogen) atoms. The van der Waals surface area contributed by atoms with Crippen LogP contribution in [0, 0.1) is 27.7 Å². The molecule has 0 atom stereocenters. The zero-order valence-electron chi connectivity index (χ0n) is 15.8. The van der Waals surface area contributed by atoms with Crippen LogP contribution in [0.2, 0.25) is 0 Å². The van der Waals surface area contributed by atoms with Gasteiger partial charge < -0.3 is 0 Å². The van der Waals surface area contributed by atoms with Gasteiger partial charge in [-0.1, -0.05) is 0 Å². The summed E-state index contributed by atoms with van der Waals surface area (Å²) in [7, 11) is 3.27. The van der Waals surface area contributed by atoms with Crippen molar-refractivity contribution in [2.75, 3.05) is 27.8 Å². The van der Waals surface area contributed by atoms with Crippen molar-refractivity contribution in [3.05, 3.63) is 46.5 Å². The first-order valence-electron chi connectivity index (χ1n) is 8.10. The van der Waals surface area contributed by atoms with Crippen LogP contribution in [0.5, 0.6) is 11.5 Å². The van der Waals surface area contributed by atoms with Crippen LogP contribution < -0.4 is 18.4 Å². The Kier molecular flexibility index (Phi) is 7.33. The summed E-state index contributed by atoms with van der Waals surface area (Å²) in [6, 6.07) is 8.65. The summed E-state index contributed by atoms with van der Waals surface area (Å²) in [6.07, 6.45) is 0. The van der Waals surface area contributed by atoms with Crippen LogP contribution in [0.3, 0.4) is 0 Å². The van der Waals surface area contributed by atoms with Gasteiger partial charge in [-0.3, -0.25) is 0 Å². The Labute approximate surface area is 156 Å². The van der Waals surface area contributed by atoms with Gasteiger partial charge >= 0.3 is 156 Å². The fourth-order valence-corrected chi connectivity index (χ4v) is 5.54. The van der Waals surface area contributed by atoms with Gasteiger partial charge in [-0.25, -0.2) is 0 Å². The van der Waals surface area contributed by atoms with Crippen molar-refractivity contribution in [3.8, 4) is 11.5 Å². The predicted octanol–water partition coefficient (Wildman–Crippen LogP) is 2.54. The second kappa shape index (κ2) is 9.25. The number of ether oxygens (including phenoxy) is 4. The van der Waals surface area contributed by atoms with Gasteiger partial charge in [-0.05, 0) is 0 Å². The van der Waals surface area contributed by atoms with E-state index in [9.17, 15) is 0 Å². The number of rotatable bonds is 8. The molecule has 2 aromatic rings. The standard InChI is InChI=1S/C20H26O4Se/c1-13-7-15(3)19(23-11-21-5)17(9-13)25-18-10-14(2)8-16(4)20(18)24-12-22-6/h7-10H,11-12H2,1-6H3. The summed E-state index contributed by atoms with van der Waals surface area (Å²) < 4.78 is 24.3. The minimum absolute atomic E-state index is 0.0414. The topological polar surface area (TPSA) is 36.9 Å². The molecule has 5 heteroatoms. The van der Waals surface area contributed by atoms with E-state index in [2.05, 4.69) is 52.0 Å². The van der Waals surface area contributed by atoms with Crippen molar-refractivity contribution in [3.63, 3.8) is 0 Å². The maximum absolute atomic E-state index is 5.85. The average molecular weight is 409 g/mol. The molecular formula is C20H26O4Se. The molecule has 0 saturated carbocycles. The first-order chi connectivity index (χ1) is 12.0. The van der Waals surface area contributed by atoms with E-state index in [0.717, 1.165) is 22.6 Å². The Morgan fingerprint density at radius 1 is 0.680 bits per heavy atom. The first-order valence-corrected chi connectivity index (χ1v) is 9.81. The van der Waals surface area contributed by atoms with Crippen molar-refractivity contribution in [2.24, 2.45) is 0 Å². The molecule has 0 saturated heterocycles. The van der Waals surface area contributed by atoms with Crippen LogP contribution in [-0.4, -0.2) is 42.8 Å². The van der Waals surface area contributed by atoms with Crippen LogP contribution in [0.15, 0.2) is 24.3 Å². The summed E-state index contributed by atoms with van der Waals surface area (Å²) in [6.45, 7) is 8.84. The second-order valence-electron chi connectivity index (χ2n) is 6.02. The van der Waals surface area contributed by atoms with Crippen LogP contribution in [0.4, 0.5) is 0 Å². The molecule has 0 amide bonds. The monoisotopic (exact) mass is 410 g/mol. The molecule has 2 aromatic carbocycles. The molecule has 0 aromatic heterocycles. The van der Waals surface area contributed by atoms with E-state index in [1.54, 1.807) is 14.2 Å². The molecule has 0 aliphatic rings. The van der Waals surface area contributed by atoms with E-state index in [4.69, 9.17) is 18.9 Å². The fraction of sp³-hybridized carbons (Fsp3) is 0.400. The van der Waals surface area contributed by atoms with Crippen molar-refractivity contribution in [2.45, 2.75) is 27.7 Å². The van der Waals surface area contributed by atoms with Crippen LogP contribution in [0.1, 0.15) is 22.3 Å². The third-order valence-corrected chi connectivity index (χ3v) is 5.83. The average Bonchev–Trinajstić information content (AvgIpc) is 2.53. The zero-order chi connectivity index (χ0) is 18.4. The summed E-state index contributed by atoms with van der Waals surface area (Å²) in [5.41, 5.74) is 4.70. The van der Waals surface area contributed by atoms with E-state index in [1.807, 2.05) is 0 Å². The molecule has 4 nitrogen and oxygen atoms in total. The SMILES string of the molecule is COCOc1c(C)cc(C)cc1[Se]c1cc(C)cc(C)c1OCOC. The number of hydrogen-bond donors (Lipinski definition) is 0. The Morgan fingerprint density at radius 2 is 1.08 bits per heavy atom. The summed E-state index contributed by atoms with van der Waals surface area (Å²) in [5, 5.41) is 0. The molecule has 0 spiro atoms. The quantitative estimate of drug-likeness (QED) is 0.496. The molecule has 0 fully saturated rings. The van der Waals surface area contributed by atoms with Gasteiger partial charge in [-0.2, -0.15) is 0 Å². The number of benzene rings is 2. The Bertz CT molecular complexity index is 667. The van der Waals surface area contributed by atoms with Crippen LogP contribution in [-0.2, 0) is 9.47 Å². The van der Waals surface area contributed by atoms with E-state index < -0.39 is 0 Å². The number of hydrogen-bond acceptors (Lipinski definition) is 4. The minimum atomic E-state index is 0.0414. The summed E-state index contributed by atoms with van der Waals surface area (Å²) in [4.78, 5) is 0. The Balaban J connectivity index is 2.45. The van der Waals surface area contributed by atoms with E-state index in [1.165, 1.54) is 20.1 Å². The van der Waals surface area contributed by atoms with Gasteiger partial charge in [0.15, 0.2) is 0 Å². The van der Waals surface area contributed by atoms with Gasteiger partial charge in [0.2, 0.25) is 0 Å². The van der Waals surface area contributed by atoms with E-state index >= 15 is 0 Å². The number of methoxy groups -OCH3 is 2. The molecule has 0 radical (unpaired) electrons. The molecule has 0 bridgehead atoms. The van der Waals surface area contributed by atoms with Gasteiger partial charge in [0.1, 0.15) is 0 Å². The fourth-order valence-electron chi connectivity index (χ4n) is 2.71. The van der Waals surface area contributed by atoms with Gasteiger partial charge in [0.05, 0.1) is 0 Å². The van der Waals surface area contributed by atoms with E-state index in [-0.39, 0.29) is 28.5 Å². The third-order valence-electron chi connectivity index (χ3n) is 3.63. The normalized spacial score (nSPS) is 10.8. The summed E-state index contributed by atoms with van der Waals surface area (Å²) in [5.74, 6) is 1.81. The molecule has 0 aliphatic carbocycles.